The lowest BCUT2D eigenvalue weighted by atomic mass is 10.1. The molecule has 2 aromatic rings. The van der Waals surface area contributed by atoms with Crippen molar-refractivity contribution < 1.29 is 8.78 Å². The zero-order valence-corrected chi connectivity index (χ0v) is 12.1. The normalized spacial score (nSPS) is 10.4. The molecule has 2 nitrogen and oxygen atoms in total. The quantitative estimate of drug-likeness (QED) is 0.830. The van der Waals surface area contributed by atoms with E-state index >= 15 is 0 Å². The molecule has 0 unspecified atom stereocenters. The molecule has 0 amide bonds. The second-order valence-corrected chi connectivity index (χ2v) is 5.14. The molecule has 0 saturated heterocycles. The van der Waals surface area contributed by atoms with Gasteiger partial charge in [0.2, 0.25) is 0 Å². The first-order valence-electron chi connectivity index (χ1n) is 5.70. The molecule has 2 aromatic carbocycles. The first-order chi connectivity index (χ1) is 9.38. The van der Waals surface area contributed by atoms with Crippen molar-refractivity contribution in [2.45, 2.75) is 6.92 Å². The molecule has 0 saturated carbocycles. The molecular weight excluding hydrogens is 302 g/mol. The number of anilines is 2. The molecule has 0 aliphatic rings. The molecule has 0 radical (unpaired) electrons. The van der Waals surface area contributed by atoms with Crippen molar-refractivity contribution in [3.63, 3.8) is 0 Å². The van der Waals surface area contributed by atoms with Crippen LogP contribution < -0.4 is 11.1 Å². The smallest absolute Gasteiger partial charge is 0.150 e. The molecule has 0 fully saturated rings. The van der Waals surface area contributed by atoms with Gasteiger partial charge in [0.05, 0.1) is 0 Å². The summed E-state index contributed by atoms with van der Waals surface area (Å²) in [7, 11) is 0. The van der Waals surface area contributed by atoms with E-state index in [9.17, 15) is 8.78 Å². The number of nitrogens with two attached hydrogens (primary N) is 1. The van der Waals surface area contributed by atoms with E-state index in [1.165, 1.54) is 0 Å². The van der Waals surface area contributed by atoms with Gasteiger partial charge in [0, 0.05) is 16.3 Å². The molecule has 0 heterocycles. The zero-order valence-electron chi connectivity index (χ0n) is 10.5. The van der Waals surface area contributed by atoms with E-state index in [1.54, 1.807) is 25.1 Å². The lowest BCUT2D eigenvalue weighted by Gasteiger charge is -2.12. The molecule has 104 valence electrons. The summed E-state index contributed by atoms with van der Waals surface area (Å²) in [6.45, 7) is 1.80. The molecule has 6 heteroatoms. The lowest BCUT2D eigenvalue weighted by Crippen LogP contribution is -2.11. The Kier molecular flexibility index (Phi) is 4.20. The van der Waals surface area contributed by atoms with Crippen molar-refractivity contribution in [3.05, 3.63) is 58.1 Å². The van der Waals surface area contributed by atoms with Gasteiger partial charge >= 0.3 is 0 Å². The fraction of sp³-hybridized carbons (Fsp3) is 0.0714. The molecule has 0 bridgehead atoms. The number of aryl methyl sites for hydroxylation is 1. The molecule has 3 N–H and O–H groups in total. The largest absolute Gasteiger partial charge is 0.389 e. The van der Waals surface area contributed by atoms with Gasteiger partial charge in [0.25, 0.3) is 0 Å². The van der Waals surface area contributed by atoms with Gasteiger partial charge in [-0.1, -0.05) is 29.9 Å². The van der Waals surface area contributed by atoms with Crippen molar-refractivity contribution in [3.8, 4) is 0 Å². The summed E-state index contributed by atoms with van der Waals surface area (Å²) in [5, 5.41) is 3.17. The first-order valence-corrected chi connectivity index (χ1v) is 6.49. The first kappa shape index (κ1) is 14.7. The van der Waals surface area contributed by atoms with Crippen LogP contribution in [0.1, 0.15) is 11.1 Å². The van der Waals surface area contributed by atoms with E-state index in [0.29, 0.717) is 10.7 Å². The molecule has 20 heavy (non-hydrogen) atoms. The minimum Gasteiger partial charge on any atom is -0.389 e. The average Bonchev–Trinajstić information content (AvgIpc) is 2.37. The second-order valence-electron chi connectivity index (χ2n) is 4.26. The van der Waals surface area contributed by atoms with Crippen LogP contribution in [-0.2, 0) is 0 Å². The highest BCUT2D eigenvalue weighted by Gasteiger charge is 2.13. The molecule has 2 rings (SSSR count). The number of hydrogen-bond acceptors (Lipinski definition) is 2. The topological polar surface area (TPSA) is 38.0 Å². The summed E-state index contributed by atoms with van der Waals surface area (Å²) < 4.78 is 27.9. The van der Waals surface area contributed by atoms with Crippen molar-refractivity contribution in [1.29, 1.82) is 0 Å². The van der Waals surface area contributed by atoms with Crippen LogP contribution in [-0.4, -0.2) is 4.99 Å². The van der Waals surface area contributed by atoms with Crippen LogP contribution in [0.25, 0.3) is 0 Å². The van der Waals surface area contributed by atoms with Crippen LogP contribution >= 0.6 is 23.8 Å². The summed E-state index contributed by atoms with van der Waals surface area (Å²) in [6, 6.07) is 7.23. The highest BCUT2D eigenvalue weighted by molar-refractivity contribution is 7.80. The van der Waals surface area contributed by atoms with E-state index in [-0.39, 0.29) is 16.2 Å². The van der Waals surface area contributed by atoms with Crippen molar-refractivity contribution in [2.24, 2.45) is 5.73 Å². The molecule has 0 aliphatic carbocycles. The third kappa shape index (κ3) is 3.05. The highest BCUT2D eigenvalue weighted by Crippen LogP contribution is 2.28. The van der Waals surface area contributed by atoms with Gasteiger partial charge in [-0.15, -0.1) is 0 Å². The molecular formula is C14H11ClF2N2S. The lowest BCUT2D eigenvalue weighted by molar-refractivity contribution is 0.590. The summed E-state index contributed by atoms with van der Waals surface area (Å²) >= 11 is 10.6. The van der Waals surface area contributed by atoms with Crippen LogP contribution in [0.4, 0.5) is 20.2 Å². The van der Waals surface area contributed by atoms with E-state index in [2.05, 4.69) is 5.32 Å². The van der Waals surface area contributed by atoms with E-state index < -0.39 is 11.6 Å². The Morgan fingerprint density at radius 3 is 2.35 bits per heavy atom. The second kappa shape index (κ2) is 5.73. The Morgan fingerprint density at radius 2 is 1.80 bits per heavy atom. The Bertz CT molecular complexity index is 666. The molecule has 0 spiro atoms. The van der Waals surface area contributed by atoms with Gasteiger partial charge < -0.3 is 11.1 Å². The minimum absolute atomic E-state index is 0.0618. The van der Waals surface area contributed by atoms with E-state index in [1.807, 2.05) is 0 Å². The predicted octanol–water partition coefficient (Wildman–Crippen LogP) is 4.30. The van der Waals surface area contributed by atoms with Crippen molar-refractivity contribution >= 4 is 40.2 Å². The van der Waals surface area contributed by atoms with Gasteiger partial charge in [-0.3, -0.25) is 0 Å². The average molecular weight is 313 g/mol. The number of thiocarbonyl (C=S) groups is 1. The van der Waals surface area contributed by atoms with Crippen molar-refractivity contribution in [2.75, 3.05) is 5.32 Å². The van der Waals surface area contributed by atoms with E-state index in [4.69, 9.17) is 29.6 Å². The van der Waals surface area contributed by atoms with Crippen LogP contribution in [0.2, 0.25) is 5.02 Å². The number of rotatable bonds is 3. The summed E-state index contributed by atoms with van der Waals surface area (Å²) in [4.78, 5) is -0.0618. The third-order valence-electron chi connectivity index (χ3n) is 2.79. The maximum absolute atomic E-state index is 13.9. The Hall–Kier alpha value is -1.72. The van der Waals surface area contributed by atoms with Gasteiger partial charge in [0.1, 0.15) is 22.3 Å². The zero-order chi connectivity index (χ0) is 14.9. The number of hydrogen-bond donors (Lipinski definition) is 2. The Labute approximate surface area is 125 Å². The van der Waals surface area contributed by atoms with Gasteiger partial charge in [0.15, 0.2) is 0 Å². The third-order valence-corrected chi connectivity index (χ3v) is 3.26. The Balaban J connectivity index is 2.44. The SMILES string of the molecule is Cc1ccc(Cl)cc1Nc1c(F)cc(C(N)=S)cc1F. The fourth-order valence-corrected chi connectivity index (χ4v) is 1.99. The van der Waals surface area contributed by atoms with Crippen LogP contribution in [0.3, 0.4) is 0 Å². The number of benzene rings is 2. The standard InChI is InChI=1S/C14H11ClF2N2S/c1-7-2-3-9(15)6-12(7)19-13-10(16)4-8(14(18)20)5-11(13)17/h2-6,19H,1H3,(H2,18,20). The predicted molar refractivity (Wildman–Crippen MR) is 81.7 cm³/mol. The Morgan fingerprint density at radius 1 is 1.20 bits per heavy atom. The number of nitrogens with one attached hydrogen (secondary N) is 1. The number of halogens is 3. The maximum atomic E-state index is 13.9. The molecule has 0 aromatic heterocycles. The van der Waals surface area contributed by atoms with Crippen LogP contribution in [0, 0.1) is 18.6 Å². The van der Waals surface area contributed by atoms with Gasteiger partial charge in [-0.25, -0.2) is 8.78 Å². The van der Waals surface area contributed by atoms with Gasteiger partial charge in [-0.05, 0) is 36.8 Å². The van der Waals surface area contributed by atoms with Gasteiger partial charge in [-0.2, -0.15) is 0 Å². The van der Waals surface area contributed by atoms with E-state index in [0.717, 1.165) is 17.7 Å². The summed E-state index contributed by atoms with van der Waals surface area (Å²) in [5.41, 5.74) is 6.57. The van der Waals surface area contributed by atoms with Crippen molar-refractivity contribution in [1.82, 2.24) is 0 Å². The van der Waals surface area contributed by atoms with Crippen LogP contribution in [0.5, 0.6) is 0 Å². The minimum atomic E-state index is -0.771. The monoisotopic (exact) mass is 312 g/mol. The summed E-state index contributed by atoms with van der Waals surface area (Å²) in [5.74, 6) is -1.54. The molecule has 0 aliphatic heterocycles. The highest BCUT2D eigenvalue weighted by atomic mass is 35.5. The fourth-order valence-electron chi connectivity index (χ4n) is 1.70. The maximum Gasteiger partial charge on any atom is 0.150 e. The van der Waals surface area contributed by atoms with Crippen LogP contribution in [0.15, 0.2) is 30.3 Å². The summed E-state index contributed by atoms with van der Waals surface area (Å²) in [6.07, 6.45) is 0. The molecule has 0 atom stereocenters.